The van der Waals surface area contributed by atoms with E-state index in [0.29, 0.717) is 17.3 Å². The molecule has 0 amide bonds. The zero-order valence-corrected chi connectivity index (χ0v) is 19.1. The van der Waals surface area contributed by atoms with Crippen LogP contribution < -0.4 is 0 Å². The summed E-state index contributed by atoms with van der Waals surface area (Å²) in [6.07, 6.45) is 9.59. The predicted octanol–water partition coefficient (Wildman–Crippen LogP) is 7.23. The van der Waals surface area contributed by atoms with E-state index in [-0.39, 0.29) is 0 Å². The van der Waals surface area contributed by atoms with Gasteiger partial charge in [0.2, 0.25) is 0 Å². The summed E-state index contributed by atoms with van der Waals surface area (Å²) < 4.78 is 0. The first-order valence-electron chi connectivity index (χ1n) is 11.7. The average Bonchev–Trinajstić information content (AvgIpc) is 3.19. The molecule has 2 aromatic carbocycles. The maximum absolute atomic E-state index is 6.30. The molecule has 0 spiro atoms. The largest absolute Gasteiger partial charge is 0.300 e. The third kappa shape index (κ3) is 6.86. The van der Waals surface area contributed by atoms with Crippen LogP contribution >= 0.6 is 11.6 Å². The lowest BCUT2D eigenvalue weighted by Gasteiger charge is -2.31. The van der Waals surface area contributed by atoms with Crippen molar-refractivity contribution in [3.63, 3.8) is 0 Å². The Morgan fingerprint density at radius 2 is 1.62 bits per heavy atom. The second kappa shape index (κ2) is 11.8. The van der Waals surface area contributed by atoms with Crippen LogP contribution in [0.3, 0.4) is 0 Å². The van der Waals surface area contributed by atoms with Gasteiger partial charge in [-0.1, -0.05) is 68.4 Å². The molecule has 1 aliphatic carbocycles. The van der Waals surface area contributed by atoms with Crippen LogP contribution in [0, 0.1) is 0 Å². The molecular formula is C27H38ClN. The minimum Gasteiger partial charge on any atom is -0.300 e. The molecule has 1 fully saturated rings. The summed E-state index contributed by atoms with van der Waals surface area (Å²) in [5.74, 6) is 0.674. The smallest absolute Gasteiger partial charge is 0.0342 e. The lowest BCUT2D eigenvalue weighted by atomic mass is 9.95. The third-order valence-corrected chi connectivity index (χ3v) is 7.01. The van der Waals surface area contributed by atoms with Crippen molar-refractivity contribution in [2.24, 2.45) is 0 Å². The van der Waals surface area contributed by atoms with Crippen LogP contribution in [0.2, 0.25) is 0 Å². The van der Waals surface area contributed by atoms with E-state index in [1.807, 2.05) is 0 Å². The number of benzene rings is 2. The standard InChI is InChI=1S/C27H38ClN/c1-3-19-29(20-18-22-8-6-5-7-9-22)27(4-2)17-12-23-10-13-24(14-11-23)25-15-16-26(28)21-25/h5-11,13-14,25-27H,3-4,12,15-21H2,1-2H3. The highest BCUT2D eigenvalue weighted by atomic mass is 35.5. The third-order valence-electron chi connectivity index (χ3n) is 6.61. The van der Waals surface area contributed by atoms with Crippen molar-refractivity contribution in [3.05, 3.63) is 71.3 Å². The lowest BCUT2D eigenvalue weighted by molar-refractivity contribution is 0.183. The second-order valence-corrected chi connectivity index (χ2v) is 9.34. The van der Waals surface area contributed by atoms with Crippen molar-refractivity contribution in [3.8, 4) is 0 Å². The average molecular weight is 412 g/mol. The molecule has 0 radical (unpaired) electrons. The molecular weight excluding hydrogens is 374 g/mol. The molecule has 2 heteroatoms. The van der Waals surface area contributed by atoms with E-state index < -0.39 is 0 Å². The predicted molar refractivity (Wildman–Crippen MR) is 127 cm³/mol. The first-order valence-corrected chi connectivity index (χ1v) is 12.1. The molecule has 3 atom stereocenters. The van der Waals surface area contributed by atoms with Crippen LogP contribution in [0.1, 0.15) is 75.0 Å². The van der Waals surface area contributed by atoms with Gasteiger partial charge in [-0.3, -0.25) is 0 Å². The molecule has 0 bridgehead atoms. The molecule has 1 nitrogen and oxygen atoms in total. The lowest BCUT2D eigenvalue weighted by Crippen LogP contribution is -2.37. The van der Waals surface area contributed by atoms with E-state index >= 15 is 0 Å². The van der Waals surface area contributed by atoms with Crippen molar-refractivity contribution in [1.82, 2.24) is 4.90 Å². The number of alkyl halides is 1. The first-order chi connectivity index (χ1) is 14.2. The Labute approximate surface area is 183 Å². The van der Waals surface area contributed by atoms with Gasteiger partial charge >= 0.3 is 0 Å². The van der Waals surface area contributed by atoms with Crippen LogP contribution in [-0.4, -0.2) is 29.4 Å². The van der Waals surface area contributed by atoms with Crippen molar-refractivity contribution in [2.75, 3.05) is 13.1 Å². The van der Waals surface area contributed by atoms with E-state index in [9.17, 15) is 0 Å². The topological polar surface area (TPSA) is 3.24 Å². The van der Waals surface area contributed by atoms with Gasteiger partial charge in [-0.2, -0.15) is 0 Å². The van der Waals surface area contributed by atoms with E-state index in [1.165, 1.54) is 61.8 Å². The summed E-state index contributed by atoms with van der Waals surface area (Å²) in [6, 6.07) is 21.0. The molecule has 0 saturated heterocycles. The molecule has 0 heterocycles. The Bertz CT molecular complexity index is 696. The van der Waals surface area contributed by atoms with E-state index in [1.54, 1.807) is 0 Å². The van der Waals surface area contributed by atoms with E-state index in [4.69, 9.17) is 11.6 Å². The number of nitrogens with zero attached hydrogens (tertiary/aromatic N) is 1. The maximum Gasteiger partial charge on any atom is 0.0342 e. The maximum atomic E-state index is 6.30. The van der Waals surface area contributed by atoms with Gasteiger partial charge in [0.15, 0.2) is 0 Å². The van der Waals surface area contributed by atoms with Gasteiger partial charge in [0.05, 0.1) is 0 Å². The van der Waals surface area contributed by atoms with Crippen molar-refractivity contribution in [2.45, 2.75) is 82.6 Å². The summed E-state index contributed by atoms with van der Waals surface area (Å²) >= 11 is 6.30. The molecule has 0 aromatic heterocycles. The molecule has 158 valence electrons. The minimum atomic E-state index is 0.380. The Morgan fingerprint density at radius 1 is 0.897 bits per heavy atom. The van der Waals surface area contributed by atoms with Gasteiger partial charge in [0.25, 0.3) is 0 Å². The van der Waals surface area contributed by atoms with E-state index in [2.05, 4.69) is 73.3 Å². The monoisotopic (exact) mass is 411 g/mol. The van der Waals surface area contributed by atoms with Crippen molar-refractivity contribution in [1.29, 1.82) is 0 Å². The second-order valence-electron chi connectivity index (χ2n) is 8.72. The minimum absolute atomic E-state index is 0.380. The molecule has 0 N–H and O–H groups in total. The van der Waals surface area contributed by atoms with Crippen LogP contribution in [0.15, 0.2) is 54.6 Å². The fourth-order valence-corrected chi connectivity index (χ4v) is 5.19. The van der Waals surface area contributed by atoms with Gasteiger partial charge in [-0.15, -0.1) is 11.6 Å². The summed E-state index contributed by atoms with van der Waals surface area (Å²) in [7, 11) is 0. The number of rotatable bonds is 11. The van der Waals surface area contributed by atoms with Gasteiger partial charge in [-0.25, -0.2) is 0 Å². The van der Waals surface area contributed by atoms with Gasteiger partial charge in [0.1, 0.15) is 0 Å². The van der Waals surface area contributed by atoms with Crippen LogP contribution in [0.4, 0.5) is 0 Å². The molecule has 0 aliphatic heterocycles. The van der Waals surface area contributed by atoms with Crippen molar-refractivity contribution >= 4 is 11.6 Å². The molecule has 29 heavy (non-hydrogen) atoms. The molecule has 3 rings (SSSR count). The number of hydrogen-bond donors (Lipinski definition) is 0. The Balaban J connectivity index is 1.53. The first kappa shape index (κ1) is 22.4. The number of aryl methyl sites for hydroxylation is 1. The van der Waals surface area contributed by atoms with Gasteiger partial charge in [-0.05, 0) is 80.5 Å². The van der Waals surface area contributed by atoms with Gasteiger partial charge in [0, 0.05) is 18.0 Å². The Morgan fingerprint density at radius 3 is 2.24 bits per heavy atom. The summed E-state index contributed by atoms with van der Waals surface area (Å²) in [5.41, 5.74) is 4.41. The zero-order valence-electron chi connectivity index (χ0n) is 18.3. The number of halogens is 1. The highest BCUT2D eigenvalue weighted by Gasteiger charge is 2.24. The van der Waals surface area contributed by atoms with Crippen molar-refractivity contribution < 1.29 is 0 Å². The quantitative estimate of drug-likeness (QED) is 0.352. The SMILES string of the molecule is CCCN(CCc1ccccc1)C(CC)CCc1ccc(C2CCC(Cl)C2)cc1. The number of hydrogen-bond acceptors (Lipinski definition) is 1. The highest BCUT2D eigenvalue weighted by molar-refractivity contribution is 6.20. The Kier molecular flexibility index (Phi) is 9.08. The molecule has 1 saturated carbocycles. The fraction of sp³-hybridized carbons (Fsp3) is 0.556. The van der Waals surface area contributed by atoms with Crippen LogP contribution in [0.25, 0.3) is 0 Å². The Hall–Kier alpha value is -1.31. The van der Waals surface area contributed by atoms with Gasteiger partial charge < -0.3 is 4.90 Å². The summed E-state index contributed by atoms with van der Waals surface area (Å²) in [4.78, 5) is 2.72. The summed E-state index contributed by atoms with van der Waals surface area (Å²) in [5, 5.41) is 0.380. The summed E-state index contributed by atoms with van der Waals surface area (Å²) in [6.45, 7) is 7.01. The van der Waals surface area contributed by atoms with Crippen LogP contribution in [0.5, 0.6) is 0 Å². The molecule has 1 aliphatic rings. The van der Waals surface area contributed by atoms with Crippen LogP contribution in [-0.2, 0) is 12.8 Å². The highest BCUT2D eigenvalue weighted by Crippen LogP contribution is 2.37. The molecule has 2 aromatic rings. The van der Waals surface area contributed by atoms with E-state index in [0.717, 1.165) is 19.4 Å². The fourth-order valence-electron chi connectivity index (χ4n) is 4.85. The zero-order chi connectivity index (χ0) is 20.5. The molecule has 3 unspecified atom stereocenters. The normalized spacial score (nSPS) is 20.3.